The Labute approximate surface area is 131 Å². The summed E-state index contributed by atoms with van der Waals surface area (Å²) in [4.78, 5) is 12.2. The molecule has 1 N–H and O–H groups in total. The molecule has 0 aliphatic carbocycles. The lowest BCUT2D eigenvalue weighted by Gasteiger charge is -2.13. The molecule has 1 amide bonds. The van der Waals surface area contributed by atoms with Crippen molar-refractivity contribution in [3.05, 3.63) is 53.1 Å². The number of carbonyl (C=O) groups is 1. The number of benzene rings is 2. The monoisotopic (exact) mass is 299 g/mol. The summed E-state index contributed by atoms with van der Waals surface area (Å²) in [5.74, 6) is 1.24. The number of aryl methyl sites for hydroxylation is 2. The lowest BCUT2D eigenvalue weighted by molar-refractivity contribution is -0.115. The molecular formula is C18H21NO3. The smallest absolute Gasteiger partial charge is 0.228 e. The first kappa shape index (κ1) is 15.9. The van der Waals surface area contributed by atoms with Crippen molar-refractivity contribution in [1.82, 2.24) is 0 Å². The molecule has 0 aliphatic rings. The molecule has 116 valence electrons. The highest BCUT2D eigenvalue weighted by atomic mass is 16.5. The van der Waals surface area contributed by atoms with E-state index >= 15 is 0 Å². The number of amides is 1. The predicted molar refractivity (Wildman–Crippen MR) is 87.8 cm³/mol. The first-order valence-corrected chi connectivity index (χ1v) is 7.11. The van der Waals surface area contributed by atoms with Gasteiger partial charge in [0.15, 0.2) is 11.5 Å². The van der Waals surface area contributed by atoms with Crippen LogP contribution in [-0.2, 0) is 11.2 Å². The van der Waals surface area contributed by atoms with Gasteiger partial charge in [0, 0.05) is 5.69 Å². The largest absolute Gasteiger partial charge is 0.493 e. The van der Waals surface area contributed by atoms with Gasteiger partial charge in [0.05, 0.1) is 20.6 Å². The first-order valence-electron chi connectivity index (χ1n) is 7.11. The first-order chi connectivity index (χ1) is 10.5. The van der Waals surface area contributed by atoms with Crippen molar-refractivity contribution >= 4 is 11.6 Å². The van der Waals surface area contributed by atoms with Crippen LogP contribution in [0.1, 0.15) is 16.7 Å². The molecule has 0 spiro atoms. The summed E-state index contributed by atoms with van der Waals surface area (Å²) in [6, 6.07) is 11.5. The number of anilines is 1. The molecule has 4 heteroatoms. The topological polar surface area (TPSA) is 47.6 Å². The highest BCUT2D eigenvalue weighted by molar-refractivity contribution is 5.92. The molecule has 0 fully saturated rings. The van der Waals surface area contributed by atoms with Gasteiger partial charge >= 0.3 is 0 Å². The third kappa shape index (κ3) is 3.79. The van der Waals surface area contributed by atoms with Crippen molar-refractivity contribution in [3.8, 4) is 11.5 Å². The van der Waals surface area contributed by atoms with E-state index in [0.717, 1.165) is 22.4 Å². The Morgan fingerprint density at radius 2 is 1.59 bits per heavy atom. The van der Waals surface area contributed by atoms with Gasteiger partial charge in [0.2, 0.25) is 5.91 Å². The van der Waals surface area contributed by atoms with Gasteiger partial charge in [-0.1, -0.05) is 17.7 Å². The zero-order chi connectivity index (χ0) is 16.1. The van der Waals surface area contributed by atoms with Crippen LogP contribution in [0.5, 0.6) is 11.5 Å². The maximum atomic E-state index is 12.2. The number of methoxy groups -OCH3 is 2. The second-order valence-corrected chi connectivity index (χ2v) is 5.22. The molecule has 2 aromatic carbocycles. The Morgan fingerprint density at radius 3 is 2.18 bits per heavy atom. The average Bonchev–Trinajstić information content (AvgIpc) is 2.51. The van der Waals surface area contributed by atoms with Crippen LogP contribution in [0.4, 0.5) is 5.69 Å². The standard InChI is InChI=1S/C18H21NO3/c1-12-5-7-15(8-6-12)19-18(20)11-14-10-17(22-4)16(21-3)9-13(14)2/h5-10H,11H2,1-4H3,(H,19,20). The van der Waals surface area contributed by atoms with Crippen molar-refractivity contribution in [3.63, 3.8) is 0 Å². The minimum absolute atomic E-state index is 0.0563. The number of nitrogens with one attached hydrogen (secondary N) is 1. The fourth-order valence-electron chi connectivity index (χ4n) is 2.23. The van der Waals surface area contributed by atoms with Gasteiger partial charge in [-0.2, -0.15) is 0 Å². The molecule has 22 heavy (non-hydrogen) atoms. The summed E-state index contributed by atoms with van der Waals surface area (Å²) in [6.45, 7) is 3.97. The Morgan fingerprint density at radius 1 is 1.00 bits per heavy atom. The number of rotatable bonds is 5. The molecule has 0 heterocycles. The van der Waals surface area contributed by atoms with Crippen LogP contribution in [0.2, 0.25) is 0 Å². The van der Waals surface area contributed by atoms with E-state index in [0.29, 0.717) is 17.9 Å². The summed E-state index contributed by atoms with van der Waals surface area (Å²) in [6.07, 6.45) is 0.292. The van der Waals surface area contributed by atoms with Crippen LogP contribution < -0.4 is 14.8 Å². The molecule has 0 radical (unpaired) electrons. The highest BCUT2D eigenvalue weighted by Crippen LogP contribution is 2.30. The van der Waals surface area contributed by atoms with E-state index in [1.807, 2.05) is 50.2 Å². The Balaban J connectivity index is 2.12. The van der Waals surface area contributed by atoms with Gasteiger partial charge in [-0.05, 0) is 49.2 Å². The van der Waals surface area contributed by atoms with E-state index in [9.17, 15) is 4.79 Å². The van der Waals surface area contributed by atoms with E-state index in [4.69, 9.17) is 9.47 Å². The van der Waals surface area contributed by atoms with Crippen molar-refractivity contribution in [2.45, 2.75) is 20.3 Å². The van der Waals surface area contributed by atoms with Gasteiger partial charge in [0.25, 0.3) is 0 Å². The summed E-state index contributed by atoms with van der Waals surface area (Å²) in [5.41, 5.74) is 3.88. The highest BCUT2D eigenvalue weighted by Gasteiger charge is 2.12. The molecule has 2 aromatic rings. The molecule has 0 saturated heterocycles. The predicted octanol–water partition coefficient (Wildman–Crippen LogP) is 3.50. The maximum Gasteiger partial charge on any atom is 0.228 e. The molecule has 4 nitrogen and oxygen atoms in total. The second kappa shape index (κ2) is 6.98. The van der Waals surface area contributed by atoms with Crippen LogP contribution in [0, 0.1) is 13.8 Å². The third-order valence-electron chi connectivity index (χ3n) is 3.53. The minimum Gasteiger partial charge on any atom is -0.493 e. The van der Waals surface area contributed by atoms with Crippen LogP contribution in [0.3, 0.4) is 0 Å². The van der Waals surface area contributed by atoms with Crippen molar-refractivity contribution < 1.29 is 14.3 Å². The fraction of sp³-hybridized carbons (Fsp3) is 0.278. The number of ether oxygens (including phenoxy) is 2. The Kier molecular flexibility index (Phi) is 5.04. The Bertz CT molecular complexity index is 663. The van der Waals surface area contributed by atoms with Crippen molar-refractivity contribution in [2.75, 3.05) is 19.5 Å². The molecule has 0 atom stereocenters. The minimum atomic E-state index is -0.0563. The van der Waals surface area contributed by atoms with Crippen molar-refractivity contribution in [2.24, 2.45) is 0 Å². The van der Waals surface area contributed by atoms with E-state index in [1.54, 1.807) is 14.2 Å². The van der Waals surface area contributed by atoms with Gasteiger partial charge < -0.3 is 14.8 Å². The third-order valence-corrected chi connectivity index (χ3v) is 3.53. The molecule has 0 saturated carbocycles. The quantitative estimate of drug-likeness (QED) is 0.919. The Hall–Kier alpha value is -2.49. The second-order valence-electron chi connectivity index (χ2n) is 5.22. The zero-order valence-electron chi connectivity index (χ0n) is 13.4. The molecule has 0 bridgehead atoms. The molecule has 0 aromatic heterocycles. The van der Waals surface area contributed by atoms with Crippen LogP contribution in [0.15, 0.2) is 36.4 Å². The molecule has 0 aliphatic heterocycles. The summed E-state index contributed by atoms with van der Waals surface area (Å²) >= 11 is 0. The summed E-state index contributed by atoms with van der Waals surface area (Å²) < 4.78 is 10.5. The van der Waals surface area contributed by atoms with Crippen LogP contribution >= 0.6 is 0 Å². The molecule has 2 rings (SSSR count). The maximum absolute atomic E-state index is 12.2. The summed E-state index contributed by atoms with van der Waals surface area (Å²) in [5, 5.41) is 2.90. The van der Waals surface area contributed by atoms with Gasteiger partial charge in [-0.3, -0.25) is 4.79 Å². The van der Waals surface area contributed by atoms with Gasteiger partial charge in [-0.25, -0.2) is 0 Å². The number of carbonyl (C=O) groups excluding carboxylic acids is 1. The number of hydrogen-bond donors (Lipinski definition) is 1. The average molecular weight is 299 g/mol. The summed E-state index contributed by atoms with van der Waals surface area (Å²) in [7, 11) is 3.18. The van der Waals surface area contributed by atoms with Crippen molar-refractivity contribution in [1.29, 1.82) is 0 Å². The van der Waals surface area contributed by atoms with Gasteiger partial charge in [-0.15, -0.1) is 0 Å². The van der Waals surface area contributed by atoms with E-state index in [1.165, 1.54) is 0 Å². The SMILES string of the molecule is COc1cc(C)c(CC(=O)Nc2ccc(C)cc2)cc1OC. The number of hydrogen-bond acceptors (Lipinski definition) is 3. The van der Waals surface area contributed by atoms with Crippen LogP contribution in [-0.4, -0.2) is 20.1 Å². The van der Waals surface area contributed by atoms with E-state index < -0.39 is 0 Å². The fourth-order valence-corrected chi connectivity index (χ4v) is 2.23. The van der Waals surface area contributed by atoms with Gasteiger partial charge in [0.1, 0.15) is 0 Å². The zero-order valence-corrected chi connectivity index (χ0v) is 13.4. The lowest BCUT2D eigenvalue weighted by Crippen LogP contribution is -2.15. The van der Waals surface area contributed by atoms with E-state index in [-0.39, 0.29) is 5.91 Å². The van der Waals surface area contributed by atoms with Crippen LogP contribution in [0.25, 0.3) is 0 Å². The molecule has 0 unspecified atom stereocenters. The lowest BCUT2D eigenvalue weighted by atomic mass is 10.0. The van der Waals surface area contributed by atoms with E-state index in [2.05, 4.69) is 5.32 Å². The normalized spacial score (nSPS) is 10.2. The molecular weight excluding hydrogens is 278 g/mol.